The van der Waals surface area contributed by atoms with Gasteiger partial charge in [-0.05, 0) is 40.1 Å². The molecular formula is C12H8BrF3O2S. The van der Waals surface area contributed by atoms with E-state index in [1.54, 1.807) is 0 Å². The van der Waals surface area contributed by atoms with Crippen LogP contribution in [0.5, 0.6) is 0 Å². The van der Waals surface area contributed by atoms with Crippen molar-refractivity contribution in [3.63, 3.8) is 0 Å². The summed E-state index contributed by atoms with van der Waals surface area (Å²) in [5, 5.41) is 0. The van der Waals surface area contributed by atoms with Crippen LogP contribution in [0.4, 0.5) is 13.2 Å². The minimum Gasteiger partial charge on any atom is -0.465 e. The summed E-state index contributed by atoms with van der Waals surface area (Å²) in [4.78, 5) is 12.3. The van der Waals surface area contributed by atoms with Crippen molar-refractivity contribution in [3.05, 3.63) is 33.0 Å². The van der Waals surface area contributed by atoms with Crippen molar-refractivity contribution in [3.8, 4) is 0 Å². The summed E-state index contributed by atoms with van der Waals surface area (Å²) in [6.45, 7) is 0. The lowest BCUT2D eigenvalue weighted by Gasteiger charge is -2.08. The van der Waals surface area contributed by atoms with Crippen molar-refractivity contribution in [2.75, 3.05) is 7.11 Å². The molecule has 1 heterocycles. The molecule has 0 unspecified atom stereocenters. The third-order valence-electron chi connectivity index (χ3n) is 2.56. The molecule has 7 heteroatoms. The Hall–Kier alpha value is -1.08. The molecule has 0 radical (unpaired) electrons. The van der Waals surface area contributed by atoms with Crippen molar-refractivity contribution in [1.82, 2.24) is 0 Å². The number of rotatable bonds is 1. The van der Waals surface area contributed by atoms with Crippen molar-refractivity contribution in [2.24, 2.45) is 0 Å². The van der Waals surface area contributed by atoms with Crippen LogP contribution in [0.3, 0.4) is 0 Å². The van der Waals surface area contributed by atoms with Gasteiger partial charge in [0, 0.05) is 14.9 Å². The number of allylic oxidation sites excluding steroid dienone is 2. The van der Waals surface area contributed by atoms with Gasteiger partial charge in [0.15, 0.2) is 0 Å². The van der Waals surface area contributed by atoms with E-state index in [0.717, 1.165) is 17.4 Å². The standard InChI is InChI=1S/C12H8BrF3O2S/c1-18-11(17)9-5-6-4-7(12(14,15)16)2-3-8(13)10(6)19-9/h3-5H,2H2,1H3. The van der Waals surface area contributed by atoms with Crippen LogP contribution in [0.2, 0.25) is 0 Å². The molecule has 0 fully saturated rings. The Labute approximate surface area is 119 Å². The fraction of sp³-hybridized carbons (Fsp3) is 0.250. The Morgan fingerprint density at radius 1 is 1.47 bits per heavy atom. The molecule has 0 spiro atoms. The number of hydrogen-bond donors (Lipinski definition) is 0. The second-order valence-corrected chi connectivity index (χ2v) is 5.72. The van der Waals surface area contributed by atoms with Crippen LogP contribution in [0.25, 0.3) is 10.6 Å². The molecule has 2 nitrogen and oxygen atoms in total. The molecule has 0 aromatic carbocycles. The quantitative estimate of drug-likeness (QED) is 0.689. The van der Waals surface area contributed by atoms with E-state index in [-0.39, 0.29) is 11.3 Å². The Morgan fingerprint density at radius 2 is 2.16 bits per heavy atom. The lowest BCUT2D eigenvalue weighted by Crippen LogP contribution is -2.10. The van der Waals surface area contributed by atoms with Crippen LogP contribution in [0.1, 0.15) is 26.5 Å². The molecule has 1 aromatic rings. The number of thiophene rings is 1. The zero-order chi connectivity index (χ0) is 14.2. The summed E-state index contributed by atoms with van der Waals surface area (Å²) >= 11 is 4.33. The van der Waals surface area contributed by atoms with Gasteiger partial charge in [0.1, 0.15) is 4.88 Å². The first-order valence-electron chi connectivity index (χ1n) is 5.19. The van der Waals surface area contributed by atoms with E-state index >= 15 is 0 Å². The largest absolute Gasteiger partial charge is 0.465 e. The van der Waals surface area contributed by atoms with Gasteiger partial charge in [-0.15, -0.1) is 11.3 Å². The Morgan fingerprint density at radius 3 is 2.74 bits per heavy atom. The fourth-order valence-corrected chi connectivity index (χ4v) is 3.26. The van der Waals surface area contributed by atoms with Crippen LogP contribution >= 0.6 is 27.3 Å². The number of halogens is 4. The molecule has 1 aliphatic carbocycles. The number of hydrogen-bond acceptors (Lipinski definition) is 3. The first-order valence-corrected chi connectivity index (χ1v) is 6.80. The topological polar surface area (TPSA) is 26.3 Å². The van der Waals surface area contributed by atoms with Gasteiger partial charge < -0.3 is 4.74 Å². The molecule has 0 atom stereocenters. The second-order valence-electron chi connectivity index (χ2n) is 3.81. The monoisotopic (exact) mass is 352 g/mol. The summed E-state index contributed by atoms with van der Waals surface area (Å²) in [6, 6.07) is 1.41. The van der Waals surface area contributed by atoms with Crippen LogP contribution in [0.15, 0.2) is 17.7 Å². The number of carbonyl (C=O) groups excluding carboxylic acids is 1. The average Bonchev–Trinajstić information content (AvgIpc) is 2.69. The molecule has 1 aromatic heterocycles. The Balaban J connectivity index is 2.53. The molecule has 2 rings (SSSR count). The van der Waals surface area contributed by atoms with E-state index in [2.05, 4.69) is 20.7 Å². The molecule has 102 valence electrons. The van der Waals surface area contributed by atoms with Gasteiger partial charge in [0.25, 0.3) is 0 Å². The van der Waals surface area contributed by atoms with Crippen LogP contribution in [-0.2, 0) is 4.74 Å². The number of carbonyl (C=O) groups is 1. The number of fused-ring (bicyclic) bond motifs is 1. The lowest BCUT2D eigenvalue weighted by molar-refractivity contribution is -0.0919. The van der Waals surface area contributed by atoms with Crippen molar-refractivity contribution in [2.45, 2.75) is 12.6 Å². The van der Waals surface area contributed by atoms with Gasteiger partial charge in [-0.25, -0.2) is 4.79 Å². The zero-order valence-electron chi connectivity index (χ0n) is 9.68. The van der Waals surface area contributed by atoms with Crippen LogP contribution < -0.4 is 0 Å². The van der Waals surface area contributed by atoms with Crippen LogP contribution in [0, 0.1) is 0 Å². The lowest BCUT2D eigenvalue weighted by atomic mass is 10.1. The summed E-state index contributed by atoms with van der Waals surface area (Å²) in [5.41, 5.74) is -0.268. The van der Waals surface area contributed by atoms with E-state index in [9.17, 15) is 18.0 Å². The first kappa shape index (κ1) is 14.3. The third kappa shape index (κ3) is 2.92. The van der Waals surface area contributed by atoms with Crippen LogP contribution in [-0.4, -0.2) is 19.3 Å². The summed E-state index contributed by atoms with van der Waals surface area (Å²) in [7, 11) is 1.23. The highest BCUT2D eigenvalue weighted by Gasteiger charge is 2.34. The molecule has 1 aliphatic rings. The summed E-state index contributed by atoms with van der Waals surface area (Å²) < 4.78 is 43.4. The molecule has 19 heavy (non-hydrogen) atoms. The Bertz CT molecular complexity index is 584. The van der Waals surface area contributed by atoms with E-state index in [1.165, 1.54) is 19.3 Å². The highest BCUT2D eigenvalue weighted by atomic mass is 79.9. The minimum atomic E-state index is -4.38. The Kier molecular flexibility index (Phi) is 3.87. The third-order valence-corrected chi connectivity index (χ3v) is 4.71. The van der Waals surface area contributed by atoms with E-state index in [1.807, 2.05) is 0 Å². The van der Waals surface area contributed by atoms with Gasteiger partial charge in [-0.1, -0.05) is 6.08 Å². The molecular weight excluding hydrogens is 345 g/mol. The first-order chi connectivity index (χ1) is 8.82. The highest BCUT2D eigenvalue weighted by molar-refractivity contribution is 9.15. The minimum absolute atomic E-state index is 0.195. The maximum Gasteiger partial charge on any atom is 0.413 e. The number of esters is 1. The van der Waals surface area contributed by atoms with Crippen molar-refractivity contribution < 1.29 is 22.7 Å². The molecule has 0 N–H and O–H groups in total. The molecule has 0 aliphatic heterocycles. The predicted molar refractivity (Wildman–Crippen MR) is 71.2 cm³/mol. The SMILES string of the molecule is COC(=O)c1cc2c(s1)C(Br)=CCC(C(F)(F)F)=C2. The fourth-order valence-electron chi connectivity index (χ4n) is 1.64. The van der Waals surface area contributed by atoms with E-state index in [0.29, 0.717) is 14.9 Å². The zero-order valence-corrected chi connectivity index (χ0v) is 12.1. The smallest absolute Gasteiger partial charge is 0.413 e. The van der Waals surface area contributed by atoms with E-state index in [4.69, 9.17) is 0 Å². The average molecular weight is 353 g/mol. The molecule has 0 saturated carbocycles. The maximum atomic E-state index is 12.8. The summed E-state index contributed by atoms with van der Waals surface area (Å²) in [6.07, 6.45) is -2.05. The number of methoxy groups -OCH3 is 1. The van der Waals surface area contributed by atoms with E-state index < -0.39 is 17.7 Å². The van der Waals surface area contributed by atoms with Gasteiger partial charge in [0.05, 0.1) is 7.11 Å². The molecule has 0 saturated heterocycles. The number of ether oxygens (including phenoxy) is 1. The highest BCUT2D eigenvalue weighted by Crippen LogP contribution is 2.41. The summed E-state index contributed by atoms with van der Waals surface area (Å²) in [5.74, 6) is -0.555. The predicted octanol–water partition coefficient (Wildman–Crippen LogP) is 4.62. The van der Waals surface area contributed by atoms with Crippen molar-refractivity contribution >= 4 is 43.8 Å². The molecule has 0 bridgehead atoms. The van der Waals surface area contributed by atoms with Gasteiger partial charge in [0.2, 0.25) is 0 Å². The van der Waals surface area contributed by atoms with Gasteiger partial charge in [-0.2, -0.15) is 13.2 Å². The number of alkyl halides is 3. The normalized spacial score (nSPS) is 15.2. The van der Waals surface area contributed by atoms with Crippen molar-refractivity contribution in [1.29, 1.82) is 0 Å². The van der Waals surface area contributed by atoms with Gasteiger partial charge in [-0.3, -0.25) is 0 Å². The second kappa shape index (κ2) is 5.13. The van der Waals surface area contributed by atoms with Gasteiger partial charge >= 0.3 is 12.1 Å². The maximum absolute atomic E-state index is 12.8. The molecule has 0 amide bonds.